The number of amides is 1. The molecule has 1 aliphatic rings. The standard InChI is InChI=1S/C18H28N2O4/c1-13(14-7-8-15-16(11-14)23-12-22-15)19-9-6-10-20(5)17(21)24-18(2,3)4/h7-8,11,13,19H,6,9-10,12H2,1-5H3. The Balaban J connectivity index is 1.71. The summed E-state index contributed by atoms with van der Waals surface area (Å²) in [7, 11) is 1.76. The van der Waals surface area contributed by atoms with Crippen LogP contribution in [-0.2, 0) is 4.74 Å². The lowest BCUT2D eigenvalue weighted by Gasteiger charge is -2.24. The minimum absolute atomic E-state index is 0.200. The molecule has 2 rings (SSSR count). The van der Waals surface area contributed by atoms with Crippen molar-refractivity contribution < 1.29 is 19.0 Å². The molecule has 134 valence electrons. The van der Waals surface area contributed by atoms with E-state index < -0.39 is 5.60 Å². The predicted octanol–water partition coefficient (Wildman–Crippen LogP) is 3.32. The summed E-state index contributed by atoms with van der Waals surface area (Å²) in [5.41, 5.74) is 0.692. The van der Waals surface area contributed by atoms with Gasteiger partial charge in [0, 0.05) is 19.6 Å². The van der Waals surface area contributed by atoms with Crippen molar-refractivity contribution in [2.45, 2.75) is 45.8 Å². The van der Waals surface area contributed by atoms with Crippen LogP contribution in [0.25, 0.3) is 0 Å². The Morgan fingerprint density at radius 1 is 1.33 bits per heavy atom. The first kappa shape index (κ1) is 18.4. The van der Waals surface area contributed by atoms with E-state index in [9.17, 15) is 4.79 Å². The molecule has 1 aliphatic heterocycles. The topological polar surface area (TPSA) is 60.0 Å². The van der Waals surface area contributed by atoms with E-state index in [1.165, 1.54) is 0 Å². The molecule has 0 aliphatic carbocycles. The van der Waals surface area contributed by atoms with Gasteiger partial charge in [-0.05, 0) is 58.4 Å². The van der Waals surface area contributed by atoms with Gasteiger partial charge in [0.25, 0.3) is 0 Å². The van der Waals surface area contributed by atoms with Gasteiger partial charge in [0.2, 0.25) is 6.79 Å². The maximum absolute atomic E-state index is 11.9. The van der Waals surface area contributed by atoms with Crippen molar-refractivity contribution in [1.29, 1.82) is 0 Å². The van der Waals surface area contributed by atoms with Crippen LogP contribution in [0.4, 0.5) is 4.79 Å². The van der Waals surface area contributed by atoms with E-state index in [-0.39, 0.29) is 18.9 Å². The van der Waals surface area contributed by atoms with Crippen LogP contribution < -0.4 is 14.8 Å². The van der Waals surface area contributed by atoms with Gasteiger partial charge in [-0.3, -0.25) is 0 Å². The molecular formula is C18H28N2O4. The number of carbonyl (C=O) groups excluding carboxylic acids is 1. The first-order valence-electron chi connectivity index (χ1n) is 8.33. The van der Waals surface area contributed by atoms with Crippen molar-refractivity contribution in [2.75, 3.05) is 26.9 Å². The van der Waals surface area contributed by atoms with Crippen molar-refractivity contribution in [3.8, 4) is 11.5 Å². The number of rotatable bonds is 6. The highest BCUT2D eigenvalue weighted by Crippen LogP contribution is 2.34. The smallest absolute Gasteiger partial charge is 0.410 e. The molecule has 1 heterocycles. The highest BCUT2D eigenvalue weighted by atomic mass is 16.7. The van der Waals surface area contributed by atoms with Gasteiger partial charge >= 0.3 is 6.09 Å². The average molecular weight is 336 g/mol. The van der Waals surface area contributed by atoms with Crippen LogP contribution in [0.3, 0.4) is 0 Å². The van der Waals surface area contributed by atoms with Gasteiger partial charge in [0.1, 0.15) is 5.60 Å². The van der Waals surface area contributed by atoms with E-state index in [0.717, 1.165) is 30.0 Å². The highest BCUT2D eigenvalue weighted by Gasteiger charge is 2.19. The SMILES string of the molecule is CC(NCCCN(C)C(=O)OC(C)(C)C)c1ccc2c(c1)OCO2. The van der Waals surface area contributed by atoms with Crippen LogP contribution in [0.15, 0.2) is 18.2 Å². The lowest BCUT2D eigenvalue weighted by Crippen LogP contribution is -2.35. The van der Waals surface area contributed by atoms with E-state index in [0.29, 0.717) is 6.54 Å². The summed E-state index contributed by atoms with van der Waals surface area (Å²) < 4.78 is 16.1. The lowest BCUT2D eigenvalue weighted by molar-refractivity contribution is 0.0297. The summed E-state index contributed by atoms with van der Waals surface area (Å²) in [4.78, 5) is 13.5. The summed E-state index contributed by atoms with van der Waals surface area (Å²) in [6, 6.07) is 6.18. The Morgan fingerprint density at radius 3 is 2.75 bits per heavy atom. The van der Waals surface area contributed by atoms with Crippen LogP contribution in [0, 0.1) is 0 Å². The summed E-state index contributed by atoms with van der Waals surface area (Å²) in [5, 5.41) is 3.46. The number of nitrogens with zero attached hydrogens (tertiary/aromatic N) is 1. The number of ether oxygens (including phenoxy) is 3. The van der Waals surface area contributed by atoms with E-state index in [4.69, 9.17) is 14.2 Å². The molecule has 1 atom stereocenters. The summed E-state index contributed by atoms with van der Waals surface area (Å²) >= 11 is 0. The molecule has 1 aromatic rings. The molecular weight excluding hydrogens is 308 g/mol. The first-order chi connectivity index (χ1) is 11.3. The Labute approximate surface area is 144 Å². The van der Waals surface area contributed by atoms with E-state index in [2.05, 4.69) is 12.2 Å². The number of nitrogens with one attached hydrogen (secondary N) is 1. The molecule has 24 heavy (non-hydrogen) atoms. The van der Waals surface area contributed by atoms with Gasteiger partial charge in [-0.2, -0.15) is 0 Å². The van der Waals surface area contributed by atoms with Crippen LogP contribution in [0.2, 0.25) is 0 Å². The molecule has 6 heteroatoms. The van der Waals surface area contributed by atoms with Crippen molar-refractivity contribution >= 4 is 6.09 Å². The predicted molar refractivity (Wildman–Crippen MR) is 92.5 cm³/mol. The average Bonchev–Trinajstić information content (AvgIpc) is 2.96. The summed E-state index contributed by atoms with van der Waals surface area (Å²) in [6.45, 7) is 9.46. The highest BCUT2D eigenvalue weighted by molar-refractivity contribution is 5.67. The van der Waals surface area contributed by atoms with Crippen LogP contribution >= 0.6 is 0 Å². The van der Waals surface area contributed by atoms with Crippen molar-refractivity contribution in [1.82, 2.24) is 10.2 Å². The fourth-order valence-corrected chi connectivity index (χ4v) is 2.37. The third-order valence-corrected chi connectivity index (χ3v) is 3.72. The molecule has 0 spiro atoms. The van der Waals surface area contributed by atoms with Gasteiger partial charge in [-0.1, -0.05) is 6.07 Å². The van der Waals surface area contributed by atoms with Crippen LogP contribution in [-0.4, -0.2) is 43.5 Å². The second kappa shape index (κ2) is 7.75. The molecule has 0 bridgehead atoms. The monoisotopic (exact) mass is 336 g/mol. The number of benzene rings is 1. The normalized spacial score (nSPS) is 14.4. The third kappa shape index (κ3) is 5.30. The zero-order valence-corrected chi connectivity index (χ0v) is 15.2. The molecule has 6 nitrogen and oxygen atoms in total. The van der Waals surface area contributed by atoms with Crippen molar-refractivity contribution in [3.63, 3.8) is 0 Å². The number of hydrogen-bond donors (Lipinski definition) is 1. The second-order valence-corrected chi connectivity index (χ2v) is 7.04. The van der Waals surface area contributed by atoms with Crippen LogP contribution in [0.1, 0.15) is 45.7 Å². The zero-order valence-electron chi connectivity index (χ0n) is 15.2. The minimum Gasteiger partial charge on any atom is -0.454 e. The van der Waals surface area contributed by atoms with Crippen molar-refractivity contribution in [3.05, 3.63) is 23.8 Å². The molecule has 1 amide bonds. The minimum atomic E-state index is -0.461. The largest absolute Gasteiger partial charge is 0.454 e. The molecule has 0 radical (unpaired) electrons. The molecule has 1 N–H and O–H groups in total. The quantitative estimate of drug-likeness (QED) is 0.808. The van der Waals surface area contributed by atoms with Gasteiger partial charge < -0.3 is 24.4 Å². The number of hydrogen-bond acceptors (Lipinski definition) is 5. The van der Waals surface area contributed by atoms with E-state index in [1.54, 1.807) is 11.9 Å². The second-order valence-electron chi connectivity index (χ2n) is 7.04. The van der Waals surface area contributed by atoms with Gasteiger partial charge in [-0.15, -0.1) is 0 Å². The Morgan fingerprint density at radius 2 is 2.04 bits per heavy atom. The molecule has 0 aromatic heterocycles. The van der Waals surface area contributed by atoms with E-state index in [1.807, 2.05) is 39.0 Å². The van der Waals surface area contributed by atoms with Crippen molar-refractivity contribution in [2.24, 2.45) is 0 Å². The molecule has 0 saturated heterocycles. The fraction of sp³-hybridized carbons (Fsp3) is 0.611. The Kier molecular flexibility index (Phi) is 5.94. The summed E-state index contributed by atoms with van der Waals surface area (Å²) in [5.74, 6) is 1.59. The van der Waals surface area contributed by atoms with Gasteiger partial charge in [0.05, 0.1) is 0 Å². The van der Waals surface area contributed by atoms with Gasteiger partial charge in [-0.25, -0.2) is 4.79 Å². The third-order valence-electron chi connectivity index (χ3n) is 3.72. The lowest BCUT2D eigenvalue weighted by atomic mass is 10.1. The van der Waals surface area contributed by atoms with Gasteiger partial charge in [0.15, 0.2) is 11.5 Å². The maximum Gasteiger partial charge on any atom is 0.410 e. The first-order valence-corrected chi connectivity index (χ1v) is 8.33. The maximum atomic E-state index is 11.9. The Hall–Kier alpha value is -1.95. The Bertz CT molecular complexity index is 569. The molecule has 1 unspecified atom stereocenters. The van der Waals surface area contributed by atoms with Crippen LogP contribution in [0.5, 0.6) is 11.5 Å². The number of carbonyl (C=O) groups is 1. The zero-order chi connectivity index (χ0) is 17.7. The molecule has 1 aromatic carbocycles. The van der Waals surface area contributed by atoms with E-state index >= 15 is 0 Å². The fourth-order valence-electron chi connectivity index (χ4n) is 2.37. The number of fused-ring (bicyclic) bond motifs is 1. The molecule has 0 saturated carbocycles. The summed E-state index contributed by atoms with van der Waals surface area (Å²) in [6.07, 6.45) is 0.566. The molecule has 0 fully saturated rings.